The van der Waals surface area contributed by atoms with Crippen LogP contribution in [0.4, 0.5) is 0 Å². The fourth-order valence-corrected chi connectivity index (χ4v) is 2.45. The highest BCUT2D eigenvalue weighted by Gasteiger charge is 2.21. The zero-order valence-electron chi connectivity index (χ0n) is 14.5. The number of hydrogen-bond donors (Lipinski definition) is 0. The number of rotatable bonds is 3. The van der Waals surface area contributed by atoms with Crippen LogP contribution in [0.5, 0.6) is 5.88 Å². The van der Waals surface area contributed by atoms with E-state index < -0.39 is 5.60 Å². The lowest BCUT2D eigenvalue weighted by Crippen LogP contribution is -2.24. The Morgan fingerprint density at radius 1 is 0.800 bits per heavy atom. The zero-order valence-corrected chi connectivity index (χ0v) is 14.5. The van der Waals surface area contributed by atoms with E-state index in [4.69, 9.17) is 4.74 Å². The lowest BCUT2D eigenvalue weighted by Gasteiger charge is -2.22. The minimum Gasteiger partial charge on any atom is -0.470 e. The largest absolute Gasteiger partial charge is 0.470 e. The van der Waals surface area contributed by atoms with E-state index in [1.54, 1.807) is 0 Å². The summed E-state index contributed by atoms with van der Waals surface area (Å²) in [7, 11) is 0. The van der Waals surface area contributed by atoms with Crippen LogP contribution in [0.1, 0.15) is 26.5 Å². The maximum atomic E-state index is 9.52. The van der Waals surface area contributed by atoms with Gasteiger partial charge in [-0.3, -0.25) is 0 Å². The standard InChI is InChI=1S/C21H19N3O/c1-21(2,3)25-20-17(14-22)23-18(15-10-6-4-7-11-15)19(24-20)16-12-8-5-9-13-16/h4-13H,1-3H3. The molecule has 3 aromatic rings. The molecule has 0 fully saturated rings. The van der Waals surface area contributed by atoms with E-state index in [1.165, 1.54) is 0 Å². The molecule has 25 heavy (non-hydrogen) atoms. The highest BCUT2D eigenvalue weighted by atomic mass is 16.5. The number of benzene rings is 2. The van der Waals surface area contributed by atoms with Crippen LogP contribution >= 0.6 is 0 Å². The van der Waals surface area contributed by atoms with Gasteiger partial charge in [0.1, 0.15) is 17.4 Å². The highest BCUT2D eigenvalue weighted by molar-refractivity contribution is 5.78. The minimum absolute atomic E-state index is 0.188. The number of ether oxygens (including phenoxy) is 1. The molecule has 1 heterocycles. The van der Waals surface area contributed by atoms with E-state index in [2.05, 4.69) is 16.0 Å². The van der Waals surface area contributed by atoms with Crippen LogP contribution < -0.4 is 4.74 Å². The molecule has 0 amide bonds. The smallest absolute Gasteiger partial charge is 0.252 e. The van der Waals surface area contributed by atoms with Crippen LogP contribution in [-0.4, -0.2) is 15.6 Å². The Labute approximate surface area is 147 Å². The third-order valence-electron chi connectivity index (χ3n) is 3.47. The van der Waals surface area contributed by atoms with Gasteiger partial charge in [-0.1, -0.05) is 60.7 Å². The van der Waals surface area contributed by atoms with E-state index in [0.29, 0.717) is 11.4 Å². The number of nitrogens with zero attached hydrogens (tertiary/aromatic N) is 3. The van der Waals surface area contributed by atoms with Crippen LogP contribution in [0.2, 0.25) is 0 Å². The van der Waals surface area contributed by atoms with Crippen molar-refractivity contribution in [3.8, 4) is 34.5 Å². The normalized spacial score (nSPS) is 11.0. The van der Waals surface area contributed by atoms with Gasteiger partial charge in [-0.25, -0.2) is 9.97 Å². The SMILES string of the molecule is CC(C)(C)Oc1nc(-c2ccccc2)c(-c2ccccc2)nc1C#N. The first-order valence-corrected chi connectivity index (χ1v) is 8.10. The molecule has 0 N–H and O–H groups in total. The molecule has 0 aliphatic carbocycles. The fourth-order valence-electron chi connectivity index (χ4n) is 2.45. The van der Waals surface area contributed by atoms with E-state index in [-0.39, 0.29) is 11.6 Å². The predicted octanol–water partition coefficient (Wildman–Crippen LogP) is 4.86. The molecule has 4 nitrogen and oxygen atoms in total. The second kappa shape index (κ2) is 6.74. The van der Waals surface area contributed by atoms with Gasteiger partial charge >= 0.3 is 0 Å². The summed E-state index contributed by atoms with van der Waals surface area (Å²) in [6.45, 7) is 5.76. The Morgan fingerprint density at radius 2 is 1.28 bits per heavy atom. The van der Waals surface area contributed by atoms with Crippen LogP contribution in [0.3, 0.4) is 0 Å². The summed E-state index contributed by atoms with van der Waals surface area (Å²) in [4.78, 5) is 9.24. The van der Waals surface area contributed by atoms with Crippen molar-refractivity contribution in [1.29, 1.82) is 5.26 Å². The Kier molecular flexibility index (Phi) is 4.49. The molecule has 0 bridgehead atoms. The van der Waals surface area contributed by atoms with Crippen LogP contribution in [0.25, 0.3) is 22.5 Å². The monoisotopic (exact) mass is 329 g/mol. The van der Waals surface area contributed by atoms with Gasteiger partial charge in [0.25, 0.3) is 5.88 Å². The van der Waals surface area contributed by atoms with Gasteiger partial charge in [0.05, 0.1) is 5.69 Å². The summed E-state index contributed by atoms with van der Waals surface area (Å²) < 4.78 is 5.88. The number of hydrogen-bond acceptors (Lipinski definition) is 4. The molecule has 1 aromatic heterocycles. The third-order valence-corrected chi connectivity index (χ3v) is 3.47. The Hall–Kier alpha value is -3.19. The summed E-state index contributed by atoms with van der Waals surface area (Å²) >= 11 is 0. The first kappa shape index (κ1) is 16.7. The Bertz CT molecular complexity index is 908. The summed E-state index contributed by atoms with van der Waals surface area (Å²) in [6, 6.07) is 21.7. The summed E-state index contributed by atoms with van der Waals surface area (Å²) in [5.41, 5.74) is 2.93. The average Bonchev–Trinajstić information content (AvgIpc) is 2.61. The van der Waals surface area contributed by atoms with Crippen molar-refractivity contribution in [2.45, 2.75) is 26.4 Å². The van der Waals surface area contributed by atoms with Crippen molar-refractivity contribution < 1.29 is 4.74 Å². The quantitative estimate of drug-likeness (QED) is 0.688. The molecular weight excluding hydrogens is 310 g/mol. The van der Waals surface area contributed by atoms with Gasteiger partial charge in [0.15, 0.2) is 0 Å². The summed E-state index contributed by atoms with van der Waals surface area (Å²) in [5, 5.41) is 9.52. The minimum atomic E-state index is -0.470. The Morgan fingerprint density at radius 3 is 1.72 bits per heavy atom. The molecule has 0 saturated carbocycles. The Balaban J connectivity index is 2.25. The molecule has 124 valence electrons. The van der Waals surface area contributed by atoms with Crippen LogP contribution in [-0.2, 0) is 0 Å². The van der Waals surface area contributed by atoms with Crippen molar-refractivity contribution in [1.82, 2.24) is 9.97 Å². The molecule has 4 heteroatoms. The molecule has 2 aromatic carbocycles. The maximum absolute atomic E-state index is 9.52. The number of aromatic nitrogens is 2. The molecule has 0 unspecified atom stereocenters. The van der Waals surface area contributed by atoms with Crippen LogP contribution in [0, 0.1) is 11.3 Å². The van der Waals surface area contributed by atoms with E-state index in [0.717, 1.165) is 11.1 Å². The first-order valence-electron chi connectivity index (χ1n) is 8.10. The third kappa shape index (κ3) is 3.84. The molecule has 0 atom stereocenters. The fraction of sp³-hybridized carbons (Fsp3) is 0.190. The highest BCUT2D eigenvalue weighted by Crippen LogP contribution is 2.32. The van der Waals surface area contributed by atoms with Gasteiger partial charge in [0.2, 0.25) is 5.69 Å². The zero-order chi connectivity index (χ0) is 17.9. The molecule has 0 saturated heterocycles. The van der Waals surface area contributed by atoms with E-state index >= 15 is 0 Å². The summed E-state index contributed by atoms with van der Waals surface area (Å²) in [6.07, 6.45) is 0. The number of nitriles is 1. The first-order chi connectivity index (χ1) is 12.0. The lowest BCUT2D eigenvalue weighted by atomic mass is 10.0. The van der Waals surface area contributed by atoms with Gasteiger partial charge in [-0.2, -0.15) is 5.26 Å². The molecule has 0 aliphatic heterocycles. The van der Waals surface area contributed by atoms with Crippen LogP contribution in [0.15, 0.2) is 60.7 Å². The van der Waals surface area contributed by atoms with Crippen molar-refractivity contribution in [2.75, 3.05) is 0 Å². The predicted molar refractivity (Wildman–Crippen MR) is 98.0 cm³/mol. The molecule has 0 spiro atoms. The second-order valence-corrected chi connectivity index (χ2v) is 6.63. The molecule has 0 aliphatic rings. The van der Waals surface area contributed by atoms with Crippen molar-refractivity contribution in [3.63, 3.8) is 0 Å². The molecule has 0 radical (unpaired) electrons. The lowest BCUT2D eigenvalue weighted by molar-refractivity contribution is 0.123. The van der Waals surface area contributed by atoms with E-state index in [9.17, 15) is 5.26 Å². The van der Waals surface area contributed by atoms with Gasteiger partial charge in [-0.05, 0) is 20.8 Å². The molecular formula is C21H19N3O. The van der Waals surface area contributed by atoms with Gasteiger partial charge < -0.3 is 4.74 Å². The maximum Gasteiger partial charge on any atom is 0.252 e. The molecule has 3 rings (SSSR count). The van der Waals surface area contributed by atoms with Gasteiger partial charge in [0, 0.05) is 11.1 Å². The van der Waals surface area contributed by atoms with Gasteiger partial charge in [-0.15, -0.1) is 0 Å². The van der Waals surface area contributed by atoms with Crippen molar-refractivity contribution >= 4 is 0 Å². The van der Waals surface area contributed by atoms with Crippen molar-refractivity contribution in [3.05, 3.63) is 66.4 Å². The summed E-state index contributed by atoms with van der Waals surface area (Å²) in [5.74, 6) is 0.258. The topological polar surface area (TPSA) is 58.8 Å². The second-order valence-electron chi connectivity index (χ2n) is 6.63. The average molecular weight is 329 g/mol. The van der Waals surface area contributed by atoms with Crippen molar-refractivity contribution in [2.24, 2.45) is 0 Å². The van der Waals surface area contributed by atoms with E-state index in [1.807, 2.05) is 81.4 Å².